The summed E-state index contributed by atoms with van der Waals surface area (Å²) in [6.45, 7) is 3.76. The lowest BCUT2D eigenvalue weighted by Gasteiger charge is -2.33. The van der Waals surface area contributed by atoms with Gasteiger partial charge in [0, 0.05) is 18.7 Å². The van der Waals surface area contributed by atoms with E-state index in [1.807, 2.05) is 44.2 Å². The van der Waals surface area contributed by atoms with Crippen LogP contribution in [0.15, 0.2) is 77.7 Å². The Kier molecular flexibility index (Phi) is 11.7. The van der Waals surface area contributed by atoms with Crippen LogP contribution in [0.1, 0.15) is 51.5 Å². The first-order chi connectivity index (χ1) is 21.7. The van der Waals surface area contributed by atoms with E-state index < -0.39 is 28.5 Å². The van der Waals surface area contributed by atoms with Gasteiger partial charge in [0.1, 0.15) is 18.3 Å². The van der Waals surface area contributed by atoms with Gasteiger partial charge in [-0.05, 0) is 68.1 Å². The van der Waals surface area contributed by atoms with E-state index in [0.717, 1.165) is 35.6 Å². The van der Waals surface area contributed by atoms with Crippen LogP contribution in [0.5, 0.6) is 17.2 Å². The molecular weight excluding hydrogens is 594 g/mol. The smallest absolute Gasteiger partial charge is 0.264 e. The third kappa shape index (κ3) is 8.27. The molecule has 1 fully saturated rings. The van der Waals surface area contributed by atoms with Crippen molar-refractivity contribution in [2.75, 3.05) is 31.7 Å². The molecule has 0 spiro atoms. The van der Waals surface area contributed by atoms with Gasteiger partial charge in [-0.2, -0.15) is 0 Å². The number of nitrogens with zero attached hydrogens (tertiary/aromatic N) is 2. The minimum absolute atomic E-state index is 0.0750. The zero-order valence-electron chi connectivity index (χ0n) is 26.4. The molecule has 1 saturated carbocycles. The number of carbonyl (C=O) groups is 2. The minimum atomic E-state index is -4.30. The molecule has 2 amide bonds. The van der Waals surface area contributed by atoms with Crippen LogP contribution in [0.25, 0.3) is 0 Å². The largest absolute Gasteiger partial charge is 0.494 e. The van der Waals surface area contributed by atoms with E-state index >= 15 is 0 Å². The SMILES string of the molecule is CCOc1ccc(N(CC(=O)N(Cc2ccccc2)[C@H](CC)C(=O)NC2CCCC2)S(=O)(=O)c2ccc(OC)c(OC)c2)cc1. The Morgan fingerprint density at radius 2 is 1.58 bits per heavy atom. The van der Waals surface area contributed by atoms with Crippen molar-refractivity contribution in [3.05, 3.63) is 78.4 Å². The zero-order valence-corrected chi connectivity index (χ0v) is 27.2. The number of rotatable bonds is 15. The maximum Gasteiger partial charge on any atom is 0.264 e. The number of hydrogen-bond donors (Lipinski definition) is 1. The summed E-state index contributed by atoms with van der Waals surface area (Å²) in [5, 5.41) is 3.13. The molecule has 3 aromatic rings. The summed E-state index contributed by atoms with van der Waals surface area (Å²) in [5.74, 6) is 0.427. The van der Waals surface area contributed by atoms with Crippen molar-refractivity contribution in [2.24, 2.45) is 0 Å². The first-order valence-corrected chi connectivity index (χ1v) is 16.8. The van der Waals surface area contributed by atoms with E-state index in [-0.39, 0.29) is 34.8 Å². The summed E-state index contributed by atoms with van der Waals surface area (Å²) in [4.78, 5) is 29.3. The molecule has 10 nitrogen and oxygen atoms in total. The average molecular weight is 638 g/mol. The third-order valence-electron chi connectivity index (χ3n) is 7.94. The van der Waals surface area contributed by atoms with E-state index in [0.29, 0.717) is 24.5 Å². The standard InChI is InChI=1S/C34H43N3O7S/c1-5-30(34(39)35-26-14-10-11-15-26)36(23-25-12-8-7-9-13-25)33(38)24-37(27-16-18-28(19-17-27)44-6-2)45(40,41)29-20-21-31(42-3)32(22-29)43-4/h7-9,12-13,16-22,26,30H,5-6,10-11,14-15,23-24H2,1-4H3,(H,35,39)/t30-/m1/s1. The third-order valence-corrected chi connectivity index (χ3v) is 9.71. The van der Waals surface area contributed by atoms with Crippen molar-refractivity contribution < 1.29 is 32.2 Å². The number of amides is 2. The highest BCUT2D eigenvalue weighted by atomic mass is 32.2. The second-order valence-electron chi connectivity index (χ2n) is 10.9. The Morgan fingerprint density at radius 3 is 2.18 bits per heavy atom. The van der Waals surface area contributed by atoms with Crippen molar-refractivity contribution in [2.45, 2.75) is 69.5 Å². The molecule has 1 aliphatic carbocycles. The van der Waals surface area contributed by atoms with Gasteiger partial charge in [-0.3, -0.25) is 13.9 Å². The number of benzene rings is 3. The predicted molar refractivity (Wildman–Crippen MR) is 173 cm³/mol. The number of anilines is 1. The molecule has 0 aliphatic heterocycles. The highest BCUT2D eigenvalue weighted by Gasteiger charge is 2.35. The number of ether oxygens (including phenoxy) is 3. The summed E-state index contributed by atoms with van der Waals surface area (Å²) < 4.78 is 45.9. The first kappa shape index (κ1) is 33.6. The van der Waals surface area contributed by atoms with Crippen molar-refractivity contribution in [3.63, 3.8) is 0 Å². The monoisotopic (exact) mass is 637 g/mol. The predicted octanol–water partition coefficient (Wildman–Crippen LogP) is 5.16. The number of hydrogen-bond acceptors (Lipinski definition) is 7. The second-order valence-corrected chi connectivity index (χ2v) is 12.7. The number of sulfonamides is 1. The Hall–Kier alpha value is -4.25. The topological polar surface area (TPSA) is 114 Å². The van der Waals surface area contributed by atoms with E-state index in [1.54, 1.807) is 24.3 Å². The number of nitrogens with one attached hydrogen (secondary N) is 1. The van der Waals surface area contributed by atoms with Crippen molar-refractivity contribution in [1.82, 2.24) is 10.2 Å². The summed E-state index contributed by atoms with van der Waals surface area (Å²) >= 11 is 0. The van der Waals surface area contributed by atoms with Gasteiger partial charge >= 0.3 is 0 Å². The van der Waals surface area contributed by atoms with Crippen LogP contribution in [-0.2, 0) is 26.2 Å². The lowest BCUT2D eigenvalue weighted by molar-refractivity contribution is -0.140. The van der Waals surface area contributed by atoms with Crippen LogP contribution >= 0.6 is 0 Å². The summed E-state index contributed by atoms with van der Waals surface area (Å²) in [6, 6.07) is 19.5. The molecule has 242 valence electrons. The Balaban J connectivity index is 1.74. The van der Waals surface area contributed by atoms with Gasteiger partial charge in [0.2, 0.25) is 11.8 Å². The highest BCUT2D eigenvalue weighted by Crippen LogP contribution is 2.33. The number of methoxy groups -OCH3 is 2. The van der Waals surface area contributed by atoms with Crippen molar-refractivity contribution in [1.29, 1.82) is 0 Å². The maximum atomic E-state index is 14.3. The molecule has 1 atom stereocenters. The van der Waals surface area contributed by atoms with Gasteiger partial charge in [-0.1, -0.05) is 50.1 Å². The molecular formula is C34H43N3O7S. The quantitative estimate of drug-likeness (QED) is 0.245. The van der Waals surface area contributed by atoms with Crippen LogP contribution in [0.3, 0.4) is 0 Å². The fourth-order valence-corrected chi connectivity index (χ4v) is 7.01. The molecule has 1 N–H and O–H groups in total. The normalized spacial score (nSPS) is 14.0. The van der Waals surface area contributed by atoms with Crippen molar-refractivity contribution in [3.8, 4) is 17.2 Å². The van der Waals surface area contributed by atoms with Crippen LogP contribution in [0.2, 0.25) is 0 Å². The van der Waals surface area contributed by atoms with E-state index in [1.165, 1.54) is 37.3 Å². The summed E-state index contributed by atoms with van der Waals surface area (Å²) in [7, 11) is -1.42. The van der Waals surface area contributed by atoms with Gasteiger partial charge < -0.3 is 24.4 Å². The molecule has 3 aromatic carbocycles. The van der Waals surface area contributed by atoms with Crippen LogP contribution in [0.4, 0.5) is 5.69 Å². The van der Waals surface area contributed by atoms with Gasteiger partial charge in [0.15, 0.2) is 11.5 Å². The van der Waals surface area contributed by atoms with Crippen LogP contribution < -0.4 is 23.8 Å². The molecule has 45 heavy (non-hydrogen) atoms. The summed E-state index contributed by atoms with van der Waals surface area (Å²) in [5.41, 5.74) is 1.10. The molecule has 0 heterocycles. The zero-order chi connectivity index (χ0) is 32.4. The molecule has 1 aliphatic rings. The molecule has 0 saturated heterocycles. The molecule has 0 aromatic heterocycles. The molecule has 0 radical (unpaired) electrons. The van der Waals surface area contributed by atoms with Crippen LogP contribution in [-0.4, -0.2) is 64.6 Å². The molecule has 0 unspecified atom stereocenters. The number of carbonyl (C=O) groups excluding carboxylic acids is 2. The van der Waals surface area contributed by atoms with Crippen molar-refractivity contribution >= 4 is 27.5 Å². The average Bonchev–Trinajstić information content (AvgIpc) is 3.57. The fraction of sp³-hybridized carbons (Fsp3) is 0.412. The Labute approximate surface area is 266 Å². The molecule has 4 rings (SSSR count). The van der Waals surface area contributed by atoms with E-state index in [2.05, 4.69) is 5.32 Å². The van der Waals surface area contributed by atoms with Gasteiger partial charge in [0.05, 0.1) is 31.4 Å². The maximum absolute atomic E-state index is 14.3. The second kappa shape index (κ2) is 15.7. The molecule has 0 bridgehead atoms. The van der Waals surface area contributed by atoms with Gasteiger partial charge in [0.25, 0.3) is 10.0 Å². The van der Waals surface area contributed by atoms with Gasteiger partial charge in [-0.25, -0.2) is 8.42 Å². The highest BCUT2D eigenvalue weighted by molar-refractivity contribution is 7.92. The Morgan fingerprint density at radius 1 is 0.911 bits per heavy atom. The lowest BCUT2D eigenvalue weighted by atomic mass is 10.1. The minimum Gasteiger partial charge on any atom is -0.494 e. The van der Waals surface area contributed by atoms with E-state index in [9.17, 15) is 18.0 Å². The van der Waals surface area contributed by atoms with Crippen LogP contribution in [0, 0.1) is 0 Å². The lowest BCUT2D eigenvalue weighted by Crippen LogP contribution is -2.53. The van der Waals surface area contributed by atoms with E-state index in [4.69, 9.17) is 14.2 Å². The van der Waals surface area contributed by atoms with Gasteiger partial charge in [-0.15, -0.1) is 0 Å². The fourth-order valence-electron chi connectivity index (χ4n) is 5.58. The Bertz CT molecular complexity index is 1530. The summed E-state index contributed by atoms with van der Waals surface area (Å²) in [6.07, 6.45) is 4.29. The first-order valence-electron chi connectivity index (χ1n) is 15.3. The molecule has 11 heteroatoms.